The third-order valence-corrected chi connectivity index (χ3v) is 16.2. The first-order valence-electron chi connectivity index (χ1n) is 27.2. The molecule has 0 unspecified atom stereocenters. The lowest BCUT2D eigenvalue weighted by Crippen LogP contribution is -2.10. The van der Waals surface area contributed by atoms with Crippen molar-refractivity contribution in [2.75, 3.05) is 0 Å². The highest BCUT2D eigenvalue weighted by molar-refractivity contribution is 6.21. The largest absolute Gasteiger partial charge is 0.416 e. The summed E-state index contributed by atoms with van der Waals surface area (Å²) in [6, 6.07) is 75.9. The first-order chi connectivity index (χ1) is 40.9. The predicted molar refractivity (Wildman–Crippen MR) is 323 cm³/mol. The van der Waals surface area contributed by atoms with Crippen LogP contribution in [0.2, 0.25) is 0 Å². The summed E-state index contributed by atoms with van der Waals surface area (Å²) in [5.74, 6) is -0.343. The van der Waals surface area contributed by atoms with E-state index < -0.39 is 23.5 Å². The van der Waals surface area contributed by atoms with Crippen molar-refractivity contribution < 1.29 is 26.3 Å². The van der Waals surface area contributed by atoms with Crippen LogP contribution in [-0.2, 0) is 12.4 Å². The molecule has 0 atom stereocenters. The lowest BCUT2D eigenvalue weighted by molar-refractivity contribution is -0.138. The average molecular weight is 1110 g/mol. The van der Waals surface area contributed by atoms with Gasteiger partial charge in [-0.3, -0.25) is 0 Å². The monoisotopic (exact) mass is 1110 g/mol. The van der Waals surface area contributed by atoms with Crippen molar-refractivity contribution in [3.8, 4) is 56.9 Å². The van der Waals surface area contributed by atoms with Crippen molar-refractivity contribution in [2.24, 2.45) is 0 Å². The Morgan fingerprint density at radius 2 is 0.560 bits per heavy atom. The summed E-state index contributed by atoms with van der Waals surface area (Å²) in [7, 11) is 0. The van der Waals surface area contributed by atoms with Gasteiger partial charge < -0.3 is 18.3 Å². The van der Waals surface area contributed by atoms with Gasteiger partial charge in [0.2, 0.25) is 0 Å². The molecule has 0 amide bonds. The van der Waals surface area contributed by atoms with Crippen molar-refractivity contribution in [2.45, 2.75) is 12.4 Å². The quantitative estimate of drug-likeness (QED) is 0.149. The molecule has 0 bridgehead atoms. The fourth-order valence-electron chi connectivity index (χ4n) is 12.6. The fourth-order valence-corrected chi connectivity index (χ4v) is 12.6. The number of nitrogens with zero attached hydrogens (tertiary/aromatic N) is 7. The van der Waals surface area contributed by atoms with E-state index in [1.807, 2.05) is 143 Å². The molecule has 0 N–H and O–H groups in total. The van der Waals surface area contributed by atoms with E-state index in [9.17, 15) is 0 Å². The summed E-state index contributed by atoms with van der Waals surface area (Å²) in [5, 5.41) is 7.40. The molecule has 0 aliphatic rings. The summed E-state index contributed by atoms with van der Waals surface area (Å²) in [5.41, 5.74) is 7.36. The average Bonchev–Trinajstić information content (AvgIpc) is 1.71. The zero-order chi connectivity index (χ0) is 56.6. The van der Waals surface area contributed by atoms with Gasteiger partial charge in [-0.2, -0.15) is 26.3 Å². The van der Waals surface area contributed by atoms with Gasteiger partial charge in [0.1, 0.15) is 0 Å². The maximum absolute atomic E-state index is 15.4. The maximum atomic E-state index is 15.4. The normalized spacial score (nSPS) is 12.4. The Hall–Kier alpha value is -10.8. The number of benzene rings is 11. The molecular weight excluding hydrogens is 1060 g/mol. The van der Waals surface area contributed by atoms with Gasteiger partial charge in [-0.25, -0.2) is 15.0 Å². The Labute approximate surface area is 473 Å². The van der Waals surface area contributed by atoms with E-state index in [0.717, 1.165) is 101 Å². The Bertz CT molecular complexity index is 5030. The molecule has 0 radical (unpaired) electrons. The Kier molecular flexibility index (Phi) is 10.7. The van der Waals surface area contributed by atoms with Crippen LogP contribution in [0.3, 0.4) is 0 Å². The second kappa shape index (κ2) is 18.4. The molecule has 402 valence electrons. The predicted octanol–water partition coefficient (Wildman–Crippen LogP) is 19.3. The van der Waals surface area contributed by atoms with Gasteiger partial charge >= 0.3 is 12.4 Å². The molecule has 0 aliphatic carbocycles. The minimum atomic E-state index is -4.82. The minimum absolute atomic E-state index is 0.0291. The highest BCUT2D eigenvalue weighted by atomic mass is 19.4. The van der Waals surface area contributed by atoms with E-state index in [1.54, 1.807) is 30.3 Å². The van der Waals surface area contributed by atoms with Gasteiger partial charge in [0.05, 0.1) is 66.6 Å². The smallest absolute Gasteiger partial charge is 0.309 e. The molecule has 0 aliphatic heterocycles. The summed E-state index contributed by atoms with van der Waals surface area (Å²) >= 11 is 0. The second-order valence-corrected chi connectivity index (χ2v) is 21.0. The number of rotatable bonds is 7. The number of alkyl halides is 6. The Morgan fingerprint density at radius 3 is 0.929 bits per heavy atom. The van der Waals surface area contributed by atoms with Crippen LogP contribution >= 0.6 is 0 Å². The molecule has 0 fully saturated rings. The molecule has 7 nitrogen and oxygen atoms in total. The van der Waals surface area contributed by atoms with E-state index in [2.05, 4.69) is 57.7 Å². The molecule has 16 rings (SSSR count). The van der Waals surface area contributed by atoms with Crippen LogP contribution in [0.15, 0.2) is 249 Å². The van der Waals surface area contributed by atoms with Gasteiger partial charge in [0.15, 0.2) is 17.5 Å². The van der Waals surface area contributed by atoms with Crippen molar-refractivity contribution in [1.82, 2.24) is 33.2 Å². The summed E-state index contributed by atoms with van der Waals surface area (Å²) < 4.78 is 100. The summed E-state index contributed by atoms with van der Waals surface area (Å²) in [6.45, 7) is 0. The number of fused-ring (bicyclic) bond motifs is 12. The molecule has 0 saturated heterocycles. The molecule has 11 aromatic carbocycles. The van der Waals surface area contributed by atoms with Gasteiger partial charge in [0, 0.05) is 71.2 Å². The molecule has 13 heteroatoms. The maximum Gasteiger partial charge on any atom is 0.416 e. The van der Waals surface area contributed by atoms with E-state index in [4.69, 9.17) is 15.0 Å². The molecule has 16 aromatic rings. The second-order valence-electron chi connectivity index (χ2n) is 21.0. The van der Waals surface area contributed by atoms with Crippen LogP contribution in [0.4, 0.5) is 26.3 Å². The fraction of sp³-hybridized carbons (Fsp3) is 0.0282. The van der Waals surface area contributed by atoms with E-state index in [1.165, 1.54) is 12.1 Å². The van der Waals surface area contributed by atoms with E-state index in [-0.39, 0.29) is 28.6 Å². The SMILES string of the molecule is FC(F)(F)c1ccc(-n2c3ccccc3c3cc4c5ccccc5n(-c5ccccc5)c4cc32)c(-c2nc(-c3ccccc3)nc(-c3cc(C(F)(F)F)ccc3-n3c4ccccc4c4cc5c6ccccc6n(-c6ccccc6)c5cc43)n2)c1. The summed E-state index contributed by atoms with van der Waals surface area (Å²) in [4.78, 5) is 15.1. The van der Waals surface area contributed by atoms with Crippen LogP contribution in [0, 0.1) is 0 Å². The number of aromatic nitrogens is 7. The van der Waals surface area contributed by atoms with Gasteiger partial charge in [0.25, 0.3) is 0 Å². The first kappa shape index (κ1) is 49.1. The Balaban J connectivity index is 0.995. The zero-order valence-corrected chi connectivity index (χ0v) is 44.1. The van der Waals surface area contributed by atoms with Gasteiger partial charge in [-0.1, -0.05) is 140 Å². The molecule has 0 saturated carbocycles. The van der Waals surface area contributed by atoms with Crippen LogP contribution in [0.1, 0.15) is 11.1 Å². The van der Waals surface area contributed by atoms with Gasteiger partial charge in [-0.15, -0.1) is 0 Å². The highest BCUT2D eigenvalue weighted by Gasteiger charge is 2.35. The molecule has 84 heavy (non-hydrogen) atoms. The number of para-hydroxylation sites is 6. The number of halogens is 6. The highest BCUT2D eigenvalue weighted by Crippen LogP contribution is 2.46. The molecule has 5 heterocycles. The molecule has 5 aromatic heterocycles. The van der Waals surface area contributed by atoms with Crippen molar-refractivity contribution >= 4 is 87.2 Å². The van der Waals surface area contributed by atoms with E-state index >= 15 is 26.3 Å². The van der Waals surface area contributed by atoms with Crippen molar-refractivity contribution in [3.05, 3.63) is 260 Å². The van der Waals surface area contributed by atoms with Crippen LogP contribution in [0.25, 0.3) is 144 Å². The molecular formula is C71H41F6N7. The van der Waals surface area contributed by atoms with Crippen molar-refractivity contribution in [1.29, 1.82) is 0 Å². The zero-order valence-electron chi connectivity index (χ0n) is 44.1. The first-order valence-corrected chi connectivity index (χ1v) is 27.2. The standard InChI is InChI=1S/C71H41F6N7/c72-70(73,74)43-32-34-61(83-59-30-16-12-26-49(59)53-38-51-47-24-10-14-28-57(47)81(63(51)40-65(53)83)45-20-6-2-7-21-45)55(36-43)68-78-67(42-18-4-1-5-19-42)79-69(80-68)56-37-44(71(75,76)77)33-35-62(56)84-60-31-17-13-27-50(60)54-39-52-48-25-11-15-29-58(48)82(64(52)41-66(54)84)46-22-8-3-9-23-46/h1-41H. The number of hydrogen-bond donors (Lipinski definition) is 0. The van der Waals surface area contributed by atoms with Crippen molar-refractivity contribution in [3.63, 3.8) is 0 Å². The summed E-state index contributed by atoms with van der Waals surface area (Å²) in [6.07, 6.45) is -9.64. The van der Waals surface area contributed by atoms with Crippen LogP contribution in [0.5, 0.6) is 0 Å². The van der Waals surface area contributed by atoms with E-state index in [0.29, 0.717) is 39.0 Å². The molecule has 0 spiro atoms. The topological polar surface area (TPSA) is 58.4 Å². The third-order valence-electron chi connectivity index (χ3n) is 16.2. The lowest BCUT2D eigenvalue weighted by atomic mass is 10.0. The number of hydrogen-bond acceptors (Lipinski definition) is 3. The van der Waals surface area contributed by atoms with Gasteiger partial charge in [-0.05, 0) is 109 Å². The Morgan fingerprint density at radius 1 is 0.250 bits per heavy atom. The van der Waals surface area contributed by atoms with Crippen LogP contribution < -0.4 is 0 Å². The van der Waals surface area contributed by atoms with Crippen LogP contribution in [-0.4, -0.2) is 33.2 Å². The lowest BCUT2D eigenvalue weighted by Gasteiger charge is -2.19. The third kappa shape index (κ3) is 7.58. The minimum Gasteiger partial charge on any atom is -0.309 e.